The molecule has 166 valence electrons. The number of imidazole rings is 1. The quantitative estimate of drug-likeness (QED) is 0.263. The normalized spacial score (nSPS) is 14.9. The Bertz CT molecular complexity index is 1050. The van der Waals surface area contributed by atoms with Crippen LogP contribution < -0.4 is 16.4 Å². The molecular weight excluding hydrogens is 420 g/mol. The Morgan fingerprint density at radius 2 is 2.06 bits per heavy atom. The number of likely N-dealkylation sites (N-methyl/N-ethyl adjacent to an activating group) is 1. The lowest BCUT2D eigenvalue weighted by atomic mass is 10.1. The molecular formula is C21H27ClN6O3. The van der Waals surface area contributed by atoms with Gasteiger partial charge in [0.05, 0.1) is 11.4 Å². The molecule has 2 aromatic rings. The van der Waals surface area contributed by atoms with Crippen LogP contribution in [0.3, 0.4) is 0 Å². The minimum absolute atomic E-state index is 0.0540. The van der Waals surface area contributed by atoms with E-state index in [-0.39, 0.29) is 24.2 Å². The molecule has 4 N–H and O–H groups in total. The molecule has 0 bridgehead atoms. The van der Waals surface area contributed by atoms with Crippen molar-refractivity contribution in [3.8, 4) is 0 Å². The summed E-state index contributed by atoms with van der Waals surface area (Å²) in [4.78, 5) is 31.5. The monoisotopic (exact) mass is 446 g/mol. The molecule has 1 aliphatic rings. The van der Waals surface area contributed by atoms with Crippen LogP contribution in [0.15, 0.2) is 41.1 Å². The van der Waals surface area contributed by atoms with Crippen LogP contribution in [-0.4, -0.2) is 47.2 Å². The highest BCUT2D eigenvalue weighted by atomic mass is 35.5. The Morgan fingerprint density at radius 3 is 2.61 bits per heavy atom. The van der Waals surface area contributed by atoms with Crippen LogP contribution in [0.5, 0.6) is 0 Å². The second-order valence-electron chi connectivity index (χ2n) is 7.78. The van der Waals surface area contributed by atoms with E-state index in [1.807, 2.05) is 22.9 Å². The first-order valence-corrected chi connectivity index (χ1v) is 10.2. The van der Waals surface area contributed by atoms with E-state index in [4.69, 9.17) is 27.8 Å². The number of aromatic nitrogens is 2. The van der Waals surface area contributed by atoms with Gasteiger partial charge in [0.15, 0.2) is 5.65 Å². The summed E-state index contributed by atoms with van der Waals surface area (Å²) < 4.78 is 7.60. The molecule has 1 aliphatic carbocycles. The minimum atomic E-state index is -0.184. The molecule has 1 saturated carbocycles. The lowest BCUT2D eigenvalue weighted by molar-refractivity contribution is -0.128. The van der Waals surface area contributed by atoms with Crippen LogP contribution in [0.25, 0.3) is 5.65 Å². The number of pyridine rings is 1. The van der Waals surface area contributed by atoms with Crippen molar-refractivity contribution in [1.29, 1.82) is 0 Å². The summed E-state index contributed by atoms with van der Waals surface area (Å²) in [6.07, 6.45) is 8.13. The summed E-state index contributed by atoms with van der Waals surface area (Å²) in [7, 11) is 3.30. The number of amides is 2. The van der Waals surface area contributed by atoms with Crippen LogP contribution >= 0.6 is 11.6 Å². The number of anilines is 1. The summed E-state index contributed by atoms with van der Waals surface area (Å²) in [5, 5.41) is 0.0540. The number of halogens is 1. The standard InChI is InChI=1S/C21H27ClN6O3/c1-13(23)18(7-19(22)24)31-11-16-9-27-8-15(14-4-5-14)6-17(21(27)25-16)28(12-29)10-20(30)26(2)3/h6-9,12,14H,4-5,10-11,23-24H2,1-3H3/b18-13+,19-7-. The number of hydrogen-bond donors (Lipinski definition) is 2. The highest BCUT2D eigenvalue weighted by Gasteiger charge is 2.27. The van der Waals surface area contributed by atoms with Gasteiger partial charge in [0, 0.05) is 38.3 Å². The molecule has 0 radical (unpaired) electrons. The smallest absolute Gasteiger partial charge is 0.242 e. The zero-order valence-electron chi connectivity index (χ0n) is 17.8. The van der Waals surface area contributed by atoms with Gasteiger partial charge in [-0.15, -0.1) is 0 Å². The van der Waals surface area contributed by atoms with Gasteiger partial charge >= 0.3 is 0 Å². The molecule has 0 aromatic carbocycles. The maximum Gasteiger partial charge on any atom is 0.242 e. The van der Waals surface area contributed by atoms with E-state index in [1.54, 1.807) is 21.0 Å². The molecule has 0 saturated heterocycles. The molecule has 9 nitrogen and oxygen atoms in total. The number of carbonyl (C=O) groups is 2. The SMILES string of the molecule is C/C(N)=C(/C=C(\N)Cl)OCc1cn2cc(C3CC3)cc(N(C=O)CC(=O)N(C)C)c2n1. The second kappa shape index (κ2) is 9.30. The Morgan fingerprint density at radius 1 is 1.35 bits per heavy atom. The molecule has 0 atom stereocenters. The van der Waals surface area contributed by atoms with Gasteiger partial charge in [0.2, 0.25) is 12.3 Å². The van der Waals surface area contributed by atoms with E-state index in [0.29, 0.717) is 40.8 Å². The minimum Gasteiger partial charge on any atom is -0.485 e. The van der Waals surface area contributed by atoms with Gasteiger partial charge in [0.1, 0.15) is 24.1 Å². The first-order chi connectivity index (χ1) is 14.7. The van der Waals surface area contributed by atoms with Crippen molar-refractivity contribution < 1.29 is 14.3 Å². The van der Waals surface area contributed by atoms with E-state index in [2.05, 4.69) is 4.98 Å². The van der Waals surface area contributed by atoms with Crippen molar-refractivity contribution in [2.45, 2.75) is 32.3 Å². The Balaban J connectivity index is 1.96. The Kier molecular flexibility index (Phi) is 6.74. The average molecular weight is 447 g/mol. The highest BCUT2D eigenvalue weighted by Crippen LogP contribution is 2.41. The topological polar surface area (TPSA) is 119 Å². The van der Waals surface area contributed by atoms with Crippen LogP contribution in [-0.2, 0) is 20.9 Å². The van der Waals surface area contributed by atoms with Crippen molar-refractivity contribution in [2.24, 2.45) is 11.5 Å². The third-order valence-electron chi connectivity index (χ3n) is 4.93. The molecule has 2 heterocycles. The van der Waals surface area contributed by atoms with Crippen molar-refractivity contribution in [2.75, 3.05) is 25.5 Å². The third kappa shape index (κ3) is 5.49. The fraction of sp³-hybridized carbons (Fsp3) is 0.381. The zero-order chi connectivity index (χ0) is 22.7. The predicted octanol–water partition coefficient (Wildman–Crippen LogP) is 2.01. The van der Waals surface area contributed by atoms with Gasteiger partial charge in [-0.05, 0) is 37.3 Å². The molecule has 10 heteroatoms. The highest BCUT2D eigenvalue weighted by molar-refractivity contribution is 6.29. The van der Waals surface area contributed by atoms with Crippen LogP contribution in [0.2, 0.25) is 0 Å². The number of allylic oxidation sites excluding steroid dienone is 2. The van der Waals surface area contributed by atoms with Crippen LogP contribution in [0.4, 0.5) is 5.69 Å². The molecule has 31 heavy (non-hydrogen) atoms. The van der Waals surface area contributed by atoms with Gasteiger partial charge in [-0.25, -0.2) is 4.98 Å². The van der Waals surface area contributed by atoms with Gasteiger partial charge < -0.3 is 30.4 Å². The van der Waals surface area contributed by atoms with Gasteiger partial charge in [-0.2, -0.15) is 0 Å². The number of fused-ring (bicyclic) bond motifs is 1. The fourth-order valence-electron chi connectivity index (χ4n) is 3.09. The molecule has 1 fully saturated rings. The molecule has 0 spiro atoms. The summed E-state index contributed by atoms with van der Waals surface area (Å²) in [6.45, 7) is 1.74. The maximum atomic E-state index is 12.2. The molecule has 2 aromatic heterocycles. The first kappa shape index (κ1) is 22.5. The average Bonchev–Trinajstić information content (AvgIpc) is 3.47. The number of hydrogen-bond acceptors (Lipinski definition) is 6. The summed E-state index contributed by atoms with van der Waals surface area (Å²) in [5.41, 5.74) is 14.6. The molecule has 0 aliphatic heterocycles. The summed E-state index contributed by atoms with van der Waals surface area (Å²) in [6, 6.07) is 1.94. The Hall–Kier alpha value is -3.20. The van der Waals surface area contributed by atoms with E-state index in [0.717, 1.165) is 18.4 Å². The van der Waals surface area contributed by atoms with Crippen LogP contribution in [0, 0.1) is 0 Å². The number of rotatable bonds is 9. The molecule has 0 unspecified atom stereocenters. The van der Waals surface area contributed by atoms with E-state index < -0.39 is 0 Å². The summed E-state index contributed by atoms with van der Waals surface area (Å²) >= 11 is 5.73. The molecule has 2 amide bonds. The summed E-state index contributed by atoms with van der Waals surface area (Å²) in [5.74, 6) is 0.625. The third-order valence-corrected chi connectivity index (χ3v) is 5.03. The Labute approximate surface area is 185 Å². The predicted molar refractivity (Wildman–Crippen MR) is 119 cm³/mol. The van der Waals surface area contributed by atoms with Gasteiger partial charge in [-0.1, -0.05) is 11.6 Å². The number of nitrogens with zero attached hydrogens (tertiary/aromatic N) is 4. The van der Waals surface area contributed by atoms with Gasteiger partial charge in [0.25, 0.3) is 0 Å². The maximum absolute atomic E-state index is 12.2. The van der Waals surface area contributed by atoms with Crippen molar-refractivity contribution >= 4 is 35.3 Å². The lowest BCUT2D eigenvalue weighted by Gasteiger charge is -2.20. The van der Waals surface area contributed by atoms with E-state index in [1.165, 1.54) is 15.9 Å². The number of nitrogens with two attached hydrogens (primary N) is 2. The van der Waals surface area contributed by atoms with Crippen molar-refractivity contribution in [3.63, 3.8) is 0 Å². The molecule has 3 rings (SSSR count). The first-order valence-electron chi connectivity index (χ1n) is 9.85. The lowest BCUT2D eigenvalue weighted by Crippen LogP contribution is -2.36. The number of carbonyl (C=O) groups excluding carboxylic acids is 2. The number of ether oxygens (including phenoxy) is 1. The fourth-order valence-corrected chi connectivity index (χ4v) is 3.19. The van der Waals surface area contributed by atoms with Crippen molar-refractivity contribution in [3.05, 3.63) is 52.4 Å². The largest absolute Gasteiger partial charge is 0.485 e. The van der Waals surface area contributed by atoms with E-state index in [9.17, 15) is 9.59 Å². The van der Waals surface area contributed by atoms with Crippen molar-refractivity contribution in [1.82, 2.24) is 14.3 Å². The zero-order valence-corrected chi connectivity index (χ0v) is 18.6. The van der Waals surface area contributed by atoms with E-state index >= 15 is 0 Å². The van der Waals surface area contributed by atoms with Gasteiger partial charge in [-0.3, -0.25) is 9.59 Å². The van der Waals surface area contributed by atoms with Crippen LogP contribution in [0.1, 0.15) is 36.9 Å². The second-order valence-corrected chi connectivity index (χ2v) is 8.22.